The van der Waals surface area contributed by atoms with Gasteiger partial charge >= 0.3 is 90.9 Å². The van der Waals surface area contributed by atoms with Crippen LogP contribution in [0.15, 0.2) is 22.6 Å². The normalized spacial score (nSPS) is 11.2. The van der Waals surface area contributed by atoms with Crippen LogP contribution in [0, 0.1) is 10.5 Å². The summed E-state index contributed by atoms with van der Waals surface area (Å²) in [6.45, 7) is 1.87. The minimum atomic E-state index is 0.126. The van der Waals surface area contributed by atoms with Crippen LogP contribution in [0.2, 0.25) is 0 Å². The molecular weight excluding hydrogens is 380 g/mol. The van der Waals surface area contributed by atoms with Crippen LogP contribution in [0.1, 0.15) is 5.89 Å². The molecule has 0 unspecified atom stereocenters. The van der Waals surface area contributed by atoms with Crippen LogP contribution >= 0.6 is 18.6 Å². The molecule has 1 heterocycles. The number of oxazole rings is 1. The number of benzene rings is 1. The molecule has 1 aromatic carbocycles. The van der Waals surface area contributed by atoms with Crippen molar-refractivity contribution in [3.05, 3.63) is 27.7 Å². The van der Waals surface area contributed by atoms with Crippen molar-refractivity contribution in [1.82, 2.24) is 4.98 Å². The first-order valence-corrected chi connectivity index (χ1v) is 10.8. The van der Waals surface area contributed by atoms with E-state index in [1.54, 1.807) is 0 Å². The van der Waals surface area contributed by atoms with E-state index >= 15 is 0 Å². The van der Waals surface area contributed by atoms with Gasteiger partial charge in [-0.05, 0) is 0 Å². The van der Waals surface area contributed by atoms with Crippen molar-refractivity contribution in [2.45, 2.75) is 6.92 Å². The van der Waals surface area contributed by atoms with Crippen LogP contribution in [0.25, 0.3) is 11.1 Å². The maximum absolute atomic E-state index is 5.41. The third-order valence-corrected chi connectivity index (χ3v) is 5.84. The molecule has 0 spiro atoms. The first kappa shape index (κ1) is 8.74. The number of hydrogen-bond donors (Lipinski definition) is 0. The molecule has 2 rings (SSSR count). The molecule has 0 saturated carbocycles. The van der Waals surface area contributed by atoms with E-state index in [0.29, 0.717) is 0 Å². The molecule has 2 aromatic rings. The summed E-state index contributed by atoms with van der Waals surface area (Å²) in [6.07, 6.45) is 0. The Hall–Kier alpha value is 0.150. The van der Waals surface area contributed by atoms with Gasteiger partial charge in [0, 0.05) is 0 Å². The van der Waals surface area contributed by atoms with Crippen LogP contribution in [0.5, 0.6) is 0 Å². The fraction of sp³-hybridized carbons (Fsp3) is 0.125. The van der Waals surface area contributed by atoms with Gasteiger partial charge in [0.15, 0.2) is 0 Å². The molecule has 0 bridgehead atoms. The second kappa shape index (κ2) is 3.49. The van der Waals surface area contributed by atoms with E-state index in [1.165, 1.54) is 3.57 Å². The molecule has 0 aliphatic rings. The molecule has 1 aromatic heterocycles. The van der Waals surface area contributed by atoms with Crippen molar-refractivity contribution in [3.63, 3.8) is 0 Å². The Labute approximate surface area is 90.2 Å². The van der Waals surface area contributed by atoms with Crippen molar-refractivity contribution >= 4 is 29.7 Å². The van der Waals surface area contributed by atoms with Gasteiger partial charge in [-0.3, -0.25) is 0 Å². The van der Waals surface area contributed by atoms with E-state index in [4.69, 9.17) is 4.42 Å². The van der Waals surface area contributed by atoms with Gasteiger partial charge in [-0.1, -0.05) is 0 Å². The predicted octanol–water partition coefficient (Wildman–Crippen LogP) is -0.255. The molecule has 0 radical (unpaired) electrons. The summed E-state index contributed by atoms with van der Waals surface area (Å²) in [5.74, 6) is 0.744. The number of rotatable bonds is 1. The van der Waals surface area contributed by atoms with Crippen molar-refractivity contribution in [2.75, 3.05) is 0 Å². The van der Waals surface area contributed by atoms with Gasteiger partial charge in [-0.15, -0.1) is 0 Å². The third-order valence-electron chi connectivity index (χ3n) is 1.54. The van der Waals surface area contributed by atoms with Crippen LogP contribution < -0.4 is 17.2 Å². The number of hydrogen-bond acceptors (Lipinski definition) is 2. The molecule has 12 heavy (non-hydrogen) atoms. The van der Waals surface area contributed by atoms with E-state index in [9.17, 15) is 0 Å². The van der Waals surface area contributed by atoms with Gasteiger partial charge in [0.2, 0.25) is 0 Å². The summed E-state index contributed by atoms with van der Waals surface area (Å²) in [4.78, 5) is 4.23. The van der Waals surface area contributed by atoms with Gasteiger partial charge in [0.05, 0.1) is 0 Å². The number of fused-ring (bicyclic) bond motifs is 1. The second-order valence-corrected chi connectivity index (χ2v) is 6.80. The Morgan fingerprint density at radius 2 is 2.33 bits per heavy atom. The van der Waals surface area contributed by atoms with E-state index in [-0.39, 0.29) is 17.2 Å². The quantitative estimate of drug-likeness (QED) is 0.632. The molecule has 2 nitrogen and oxygen atoms in total. The first-order chi connectivity index (χ1) is 5.79. The van der Waals surface area contributed by atoms with E-state index in [0.717, 1.165) is 17.0 Å². The van der Waals surface area contributed by atoms with Gasteiger partial charge in [0.1, 0.15) is 0 Å². The molecule has 0 atom stereocenters. The van der Waals surface area contributed by atoms with Gasteiger partial charge in [0.25, 0.3) is 0 Å². The maximum atomic E-state index is 5.41. The monoisotopic (exact) mass is 386 g/mol. The number of halogens is 2. The minimum absolute atomic E-state index is 0.126. The van der Waals surface area contributed by atoms with Gasteiger partial charge in [-0.2, -0.15) is 0 Å². The molecule has 0 aliphatic carbocycles. The van der Waals surface area contributed by atoms with E-state index in [2.05, 4.69) is 35.7 Å². The van der Waals surface area contributed by atoms with Crippen LogP contribution in [0.4, 0.5) is 0 Å². The fourth-order valence-electron chi connectivity index (χ4n) is 1.06. The van der Waals surface area contributed by atoms with Gasteiger partial charge in [-0.25, -0.2) is 0 Å². The summed E-state index contributed by atoms with van der Waals surface area (Å²) in [5.41, 5.74) is 1.88. The number of aromatic nitrogens is 1. The van der Waals surface area contributed by atoms with Crippen molar-refractivity contribution in [3.8, 4) is 0 Å². The average Bonchev–Trinajstić information content (AvgIpc) is 2.43. The summed E-state index contributed by atoms with van der Waals surface area (Å²) in [6, 6.07) is 6.25. The van der Waals surface area contributed by atoms with Crippen molar-refractivity contribution in [1.29, 1.82) is 0 Å². The van der Waals surface area contributed by atoms with Crippen LogP contribution in [-0.4, -0.2) is 4.98 Å². The SMILES string of the molecule is Cc1nc2ccc([I-]I)cc2o1. The average molecular weight is 386 g/mol. The Morgan fingerprint density at radius 1 is 1.50 bits per heavy atom. The van der Waals surface area contributed by atoms with E-state index in [1.807, 2.05) is 13.0 Å². The van der Waals surface area contributed by atoms with Gasteiger partial charge < -0.3 is 0 Å². The number of aryl methyl sites for hydroxylation is 1. The van der Waals surface area contributed by atoms with Crippen molar-refractivity contribution < 1.29 is 21.6 Å². The summed E-state index contributed by atoms with van der Waals surface area (Å²) in [5, 5.41) is 0. The molecule has 0 fully saturated rings. The predicted molar refractivity (Wildman–Crippen MR) is 51.5 cm³/mol. The summed E-state index contributed by atoms with van der Waals surface area (Å²) in [7, 11) is 0. The Balaban J connectivity index is 2.66. The van der Waals surface area contributed by atoms with Crippen LogP contribution in [-0.2, 0) is 0 Å². The molecule has 0 amide bonds. The molecule has 0 aliphatic heterocycles. The molecule has 0 N–H and O–H groups in total. The summed E-state index contributed by atoms with van der Waals surface area (Å²) >= 11 is 2.57. The molecule has 4 heteroatoms. The molecular formula is C8H6I2NO-. The Morgan fingerprint density at radius 3 is 3.08 bits per heavy atom. The second-order valence-electron chi connectivity index (χ2n) is 2.42. The first-order valence-electron chi connectivity index (χ1n) is 3.43. The number of nitrogens with zero attached hydrogens (tertiary/aromatic N) is 1. The van der Waals surface area contributed by atoms with Crippen molar-refractivity contribution in [2.24, 2.45) is 0 Å². The standard InChI is InChI=1S/C8H6I2NO/c1-5-11-7-3-2-6(10-9)4-8(7)12-5/h2-4H,1H3/q-1. The Kier molecular flexibility index (Phi) is 2.54. The third kappa shape index (κ3) is 1.59. The fourth-order valence-corrected chi connectivity index (χ4v) is 3.48. The summed E-state index contributed by atoms with van der Waals surface area (Å²) < 4.78 is 6.80. The zero-order valence-electron chi connectivity index (χ0n) is 6.34. The zero-order valence-corrected chi connectivity index (χ0v) is 10.7. The topological polar surface area (TPSA) is 26.0 Å². The van der Waals surface area contributed by atoms with E-state index < -0.39 is 0 Å². The van der Waals surface area contributed by atoms with Crippen LogP contribution in [0.3, 0.4) is 0 Å². The molecule has 0 saturated heterocycles. The Bertz CT molecular complexity index is 410. The molecule has 64 valence electrons. The zero-order chi connectivity index (χ0) is 8.55.